The Morgan fingerprint density at radius 2 is 1.24 bits per heavy atom. The zero-order chi connectivity index (χ0) is 17.1. The molecule has 0 radical (unpaired) electrons. The van der Waals surface area contributed by atoms with Crippen LogP contribution in [-0.2, 0) is 4.79 Å². The second kappa shape index (κ2) is 7.16. The van der Waals surface area contributed by atoms with E-state index in [2.05, 4.69) is 36.4 Å². The van der Waals surface area contributed by atoms with E-state index in [1.54, 1.807) is 11.8 Å². The molecule has 0 saturated carbocycles. The van der Waals surface area contributed by atoms with E-state index in [1.807, 2.05) is 59.5 Å². The van der Waals surface area contributed by atoms with E-state index in [9.17, 15) is 4.79 Å². The predicted octanol–water partition coefficient (Wildman–Crippen LogP) is 5.13. The van der Waals surface area contributed by atoms with Gasteiger partial charge in [-0.3, -0.25) is 4.79 Å². The molecule has 1 heterocycles. The second-order valence-corrected chi connectivity index (χ2v) is 7.37. The fourth-order valence-corrected chi connectivity index (χ4v) is 4.46. The Kier molecular flexibility index (Phi) is 4.57. The van der Waals surface area contributed by atoms with Gasteiger partial charge in [0.05, 0.1) is 17.8 Å². The Hall–Kier alpha value is -2.52. The SMILES string of the molecule is O=C1CC(Sc2ccccc2)N1C(c1ccccc1)c1ccccc1. The molecule has 0 bridgehead atoms. The topological polar surface area (TPSA) is 20.3 Å². The quantitative estimate of drug-likeness (QED) is 0.598. The van der Waals surface area contributed by atoms with Gasteiger partial charge in [-0.05, 0) is 23.3 Å². The van der Waals surface area contributed by atoms with Gasteiger partial charge in [-0.15, -0.1) is 11.8 Å². The number of likely N-dealkylation sites (tertiary alicyclic amines) is 1. The number of thioether (sulfide) groups is 1. The normalized spacial score (nSPS) is 16.8. The van der Waals surface area contributed by atoms with Crippen LogP contribution in [0.3, 0.4) is 0 Å². The highest BCUT2D eigenvalue weighted by Gasteiger charge is 2.42. The zero-order valence-electron chi connectivity index (χ0n) is 13.8. The summed E-state index contributed by atoms with van der Waals surface area (Å²) in [5.41, 5.74) is 2.31. The third-order valence-electron chi connectivity index (χ3n) is 4.47. The lowest BCUT2D eigenvalue weighted by Gasteiger charge is -2.45. The van der Waals surface area contributed by atoms with Gasteiger partial charge in [-0.2, -0.15) is 0 Å². The minimum atomic E-state index is -0.0372. The number of carbonyl (C=O) groups excluding carboxylic acids is 1. The molecule has 1 unspecified atom stereocenters. The molecule has 3 aromatic rings. The first kappa shape index (κ1) is 16.0. The standard InChI is InChI=1S/C22H19NOS/c24-20-16-21(25-19-14-8-3-9-15-19)23(20)22(17-10-4-1-5-11-17)18-12-6-2-7-13-18/h1-15,21-22H,16H2. The van der Waals surface area contributed by atoms with Gasteiger partial charge in [0.25, 0.3) is 0 Å². The maximum atomic E-state index is 12.5. The van der Waals surface area contributed by atoms with E-state index >= 15 is 0 Å². The lowest BCUT2D eigenvalue weighted by atomic mass is 9.94. The molecule has 4 rings (SSSR count). The number of carbonyl (C=O) groups is 1. The number of amides is 1. The van der Waals surface area contributed by atoms with Crippen LogP contribution in [0.15, 0.2) is 95.9 Å². The van der Waals surface area contributed by atoms with Gasteiger partial charge in [0.1, 0.15) is 0 Å². The molecule has 1 saturated heterocycles. The summed E-state index contributed by atoms with van der Waals surface area (Å²) in [6, 6.07) is 30.9. The lowest BCUT2D eigenvalue weighted by molar-refractivity contribution is -0.144. The van der Waals surface area contributed by atoms with Crippen LogP contribution in [0.4, 0.5) is 0 Å². The number of β-lactam (4-membered cyclic amide) rings is 1. The molecule has 2 nitrogen and oxygen atoms in total. The Morgan fingerprint density at radius 3 is 1.72 bits per heavy atom. The molecular weight excluding hydrogens is 326 g/mol. The average Bonchev–Trinajstić information content (AvgIpc) is 2.68. The summed E-state index contributed by atoms with van der Waals surface area (Å²) in [6.45, 7) is 0. The average molecular weight is 345 g/mol. The van der Waals surface area contributed by atoms with Crippen LogP contribution in [0, 0.1) is 0 Å². The van der Waals surface area contributed by atoms with Crippen molar-refractivity contribution in [1.29, 1.82) is 0 Å². The Morgan fingerprint density at radius 1 is 0.760 bits per heavy atom. The summed E-state index contributed by atoms with van der Waals surface area (Å²) in [5.74, 6) is 0.214. The summed E-state index contributed by atoms with van der Waals surface area (Å²) in [4.78, 5) is 15.8. The summed E-state index contributed by atoms with van der Waals surface area (Å²) in [7, 11) is 0. The first-order chi connectivity index (χ1) is 12.3. The van der Waals surface area contributed by atoms with Crippen molar-refractivity contribution in [2.75, 3.05) is 0 Å². The number of hydrogen-bond acceptors (Lipinski definition) is 2. The van der Waals surface area contributed by atoms with E-state index in [0.717, 1.165) is 11.1 Å². The second-order valence-electron chi connectivity index (χ2n) is 6.11. The highest BCUT2D eigenvalue weighted by Crippen LogP contribution is 2.43. The molecule has 25 heavy (non-hydrogen) atoms. The minimum Gasteiger partial charge on any atom is -0.319 e. The van der Waals surface area contributed by atoms with Crippen molar-refractivity contribution in [2.24, 2.45) is 0 Å². The number of nitrogens with zero attached hydrogens (tertiary/aromatic N) is 1. The van der Waals surface area contributed by atoms with Crippen molar-refractivity contribution in [3.63, 3.8) is 0 Å². The van der Waals surface area contributed by atoms with E-state index in [4.69, 9.17) is 0 Å². The van der Waals surface area contributed by atoms with Crippen LogP contribution >= 0.6 is 11.8 Å². The van der Waals surface area contributed by atoms with Crippen molar-refractivity contribution in [3.8, 4) is 0 Å². The molecule has 1 aliphatic heterocycles. The molecule has 1 amide bonds. The molecule has 0 N–H and O–H groups in total. The molecule has 3 heteroatoms. The van der Waals surface area contributed by atoms with Crippen LogP contribution in [0.2, 0.25) is 0 Å². The van der Waals surface area contributed by atoms with E-state index in [-0.39, 0.29) is 17.3 Å². The molecule has 0 spiro atoms. The van der Waals surface area contributed by atoms with E-state index in [1.165, 1.54) is 4.90 Å². The van der Waals surface area contributed by atoms with Crippen LogP contribution in [-0.4, -0.2) is 16.2 Å². The summed E-state index contributed by atoms with van der Waals surface area (Å²) in [6.07, 6.45) is 0.593. The Bertz CT molecular complexity index is 796. The van der Waals surface area contributed by atoms with Crippen LogP contribution in [0.25, 0.3) is 0 Å². The molecular formula is C22H19NOS. The van der Waals surface area contributed by atoms with Crippen molar-refractivity contribution >= 4 is 17.7 Å². The first-order valence-electron chi connectivity index (χ1n) is 8.46. The summed E-state index contributed by atoms with van der Waals surface area (Å²) in [5, 5.41) is 0.167. The maximum absolute atomic E-state index is 12.5. The molecule has 3 aromatic carbocycles. The molecule has 124 valence electrons. The van der Waals surface area contributed by atoms with Crippen LogP contribution in [0.1, 0.15) is 23.6 Å². The molecule has 1 aliphatic rings. The van der Waals surface area contributed by atoms with Crippen LogP contribution < -0.4 is 0 Å². The van der Waals surface area contributed by atoms with Gasteiger partial charge in [0, 0.05) is 4.90 Å². The third kappa shape index (κ3) is 3.33. The van der Waals surface area contributed by atoms with Crippen molar-refractivity contribution in [1.82, 2.24) is 4.90 Å². The van der Waals surface area contributed by atoms with Crippen molar-refractivity contribution in [2.45, 2.75) is 22.7 Å². The molecule has 1 fully saturated rings. The van der Waals surface area contributed by atoms with Gasteiger partial charge in [0.15, 0.2) is 0 Å². The largest absolute Gasteiger partial charge is 0.319 e. The monoisotopic (exact) mass is 345 g/mol. The summed E-state index contributed by atoms with van der Waals surface area (Å²) >= 11 is 1.76. The number of rotatable bonds is 5. The molecule has 0 aliphatic carbocycles. The minimum absolute atomic E-state index is 0.0372. The summed E-state index contributed by atoms with van der Waals surface area (Å²) < 4.78 is 0. The smallest absolute Gasteiger partial charge is 0.227 e. The molecule has 0 aromatic heterocycles. The van der Waals surface area contributed by atoms with Crippen molar-refractivity contribution in [3.05, 3.63) is 102 Å². The van der Waals surface area contributed by atoms with Crippen molar-refractivity contribution < 1.29 is 4.79 Å². The highest BCUT2D eigenvalue weighted by atomic mass is 32.2. The Balaban J connectivity index is 1.67. The van der Waals surface area contributed by atoms with E-state index < -0.39 is 0 Å². The van der Waals surface area contributed by atoms with E-state index in [0.29, 0.717) is 6.42 Å². The first-order valence-corrected chi connectivity index (χ1v) is 9.33. The fraction of sp³-hybridized carbons (Fsp3) is 0.136. The Labute approximate surface area is 152 Å². The van der Waals surface area contributed by atoms with Gasteiger partial charge in [-0.1, -0.05) is 78.9 Å². The zero-order valence-corrected chi connectivity index (χ0v) is 14.6. The lowest BCUT2D eigenvalue weighted by Crippen LogP contribution is -2.52. The third-order valence-corrected chi connectivity index (χ3v) is 5.68. The van der Waals surface area contributed by atoms with Gasteiger partial charge in [-0.25, -0.2) is 0 Å². The maximum Gasteiger partial charge on any atom is 0.227 e. The van der Waals surface area contributed by atoms with Gasteiger partial charge in [0.2, 0.25) is 5.91 Å². The molecule has 1 atom stereocenters. The highest BCUT2D eigenvalue weighted by molar-refractivity contribution is 8.00. The fourth-order valence-electron chi connectivity index (χ4n) is 3.25. The van der Waals surface area contributed by atoms with Crippen LogP contribution in [0.5, 0.6) is 0 Å². The van der Waals surface area contributed by atoms with Gasteiger partial charge < -0.3 is 4.90 Å². The predicted molar refractivity (Wildman–Crippen MR) is 102 cm³/mol. The van der Waals surface area contributed by atoms with Gasteiger partial charge >= 0.3 is 0 Å². The number of hydrogen-bond donors (Lipinski definition) is 0. The number of benzene rings is 3.